The van der Waals surface area contributed by atoms with Crippen LogP contribution in [0.3, 0.4) is 0 Å². The number of rotatable bonds is 8. The van der Waals surface area contributed by atoms with Crippen molar-refractivity contribution in [1.82, 2.24) is 9.13 Å². The number of hydrogen-bond acceptors (Lipinski definition) is 7. The van der Waals surface area contributed by atoms with E-state index in [1.54, 1.807) is 38.5 Å². The summed E-state index contributed by atoms with van der Waals surface area (Å²) in [5.74, 6) is 0.0383. The molecule has 4 aromatic rings. The summed E-state index contributed by atoms with van der Waals surface area (Å²) in [7, 11) is 0.314. The number of hydrogen-bond donors (Lipinski definition) is 0. The number of nitrogens with zero attached hydrogens (tertiary/aromatic N) is 2. The van der Waals surface area contributed by atoms with Crippen LogP contribution < -0.4 is 16.0 Å². The van der Waals surface area contributed by atoms with Crippen LogP contribution in [0.5, 0.6) is 5.75 Å². The number of carbonyl (C=O) groups excluding carboxylic acids is 1. The second-order valence-electron chi connectivity index (χ2n) is 8.09. The molecule has 2 heterocycles. The summed E-state index contributed by atoms with van der Waals surface area (Å²) in [6.07, 6.45) is 1.58. The third-order valence-corrected chi connectivity index (χ3v) is 8.23. The van der Waals surface area contributed by atoms with Gasteiger partial charge in [-0.1, -0.05) is 18.2 Å². The number of thiophene rings is 1. The molecule has 36 heavy (non-hydrogen) atoms. The monoisotopic (exact) mass is 526 g/mol. The number of aromatic nitrogens is 2. The van der Waals surface area contributed by atoms with Crippen LogP contribution in [-0.4, -0.2) is 39.3 Å². The van der Waals surface area contributed by atoms with Crippen LogP contribution in [0.2, 0.25) is 0 Å². The van der Waals surface area contributed by atoms with Crippen LogP contribution in [-0.2, 0) is 33.4 Å². The van der Waals surface area contributed by atoms with Gasteiger partial charge in [0.1, 0.15) is 17.1 Å². The van der Waals surface area contributed by atoms with E-state index >= 15 is 0 Å². The van der Waals surface area contributed by atoms with Crippen molar-refractivity contribution >= 4 is 38.3 Å². The lowest BCUT2D eigenvalue weighted by Gasteiger charge is -2.13. The fourth-order valence-corrected chi connectivity index (χ4v) is 6.18. The van der Waals surface area contributed by atoms with Crippen molar-refractivity contribution in [2.24, 2.45) is 0 Å². The molecule has 10 heteroatoms. The average molecular weight is 527 g/mol. The Morgan fingerprint density at radius 2 is 1.75 bits per heavy atom. The molecule has 0 saturated heterocycles. The molecular formula is C26H26N2O6S2. The van der Waals surface area contributed by atoms with Gasteiger partial charge in [0.05, 0.1) is 36.4 Å². The van der Waals surface area contributed by atoms with Gasteiger partial charge in [0.15, 0.2) is 0 Å². The highest BCUT2D eigenvalue weighted by Crippen LogP contribution is 2.37. The number of benzene rings is 2. The van der Waals surface area contributed by atoms with Crippen molar-refractivity contribution in [2.75, 3.05) is 20.0 Å². The number of aryl methyl sites for hydroxylation is 1. The predicted octanol–water partition coefficient (Wildman–Crippen LogP) is 3.56. The molecule has 0 spiro atoms. The largest absolute Gasteiger partial charge is 0.497 e. The summed E-state index contributed by atoms with van der Waals surface area (Å²) in [6.45, 7) is 3.23. The zero-order chi connectivity index (χ0) is 26.0. The van der Waals surface area contributed by atoms with Gasteiger partial charge in [-0.25, -0.2) is 9.36 Å². The summed E-state index contributed by atoms with van der Waals surface area (Å²) in [6, 6.07) is 14.6. The first kappa shape index (κ1) is 25.6. The second kappa shape index (κ2) is 10.6. The fraction of sp³-hybridized carbons (Fsp3) is 0.269. The number of methoxy groups -OCH3 is 1. The van der Waals surface area contributed by atoms with Gasteiger partial charge < -0.3 is 9.47 Å². The zero-order valence-corrected chi connectivity index (χ0v) is 22.0. The standard InChI is InChI=1S/C26H26N2O6S2/c1-5-34-21(29)15-27-24(30)22-16(2)23(17-10-12-19(33-3)13-11-17)35-25(22)28(26(27)31)14-18-8-6-7-9-20(18)36(4)32/h6-13H,5,14-15H2,1-4H3. The molecule has 0 aliphatic heterocycles. The molecule has 0 amide bonds. The Morgan fingerprint density at radius 1 is 1.06 bits per heavy atom. The normalized spacial score (nSPS) is 12.0. The Bertz CT molecular complexity index is 1580. The fourth-order valence-electron chi connectivity index (χ4n) is 4.11. The molecule has 2 aromatic heterocycles. The van der Waals surface area contributed by atoms with E-state index in [0.717, 1.165) is 15.0 Å². The Balaban J connectivity index is 1.99. The molecular weight excluding hydrogens is 500 g/mol. The van der Waals surface area contributed by atoms with Gasteiger partial charge in [0.25, 0.3) is 5.56 Å². The van der Waals surface area contributed by atoms with Gasteiger partial charge in [-0.3, -0.25) is 18.4 Å². The maximum atomic E-state index is 13.6. The van der Waals surface area contributed by atoms with Crippen molar-refractivity contribution in [3.8, 4) is 16.2 Å². The van der Waals surface area contributed by atoms with E-state index in [-0.39, 0.29) is 13.2 Å². The molecule has 8 nitrogen and oxygen atoms in total. The molecule has 0 aliphatic rings. The molecule has 0 aliphatic carbocycles. The van der Waals surface area contributed by atoms with Crippen LogP contribution in [0.15, 0.2) is 63.0 Å². The summed E-state index contributed by atoms with van der Waals surface area (Å²) in [5.41, 5.74) is 1.11. The molecule has 0 radical (unpaired) electrons. The van der Waals surface area contributed by atoms with Gasteiger partial charge >= 0.3 is 11.7 Å². The first-order valence-corrected chi connectivity index (χ1v) is 13.6. The van der Waals surface area contributed by atoms with Crippen molar-refractivity contribution in [3.63, 3.8) is 0 Å². The second-order valence-corrected chi connectivity index (χ2v) is 10.4. The van der Waals surface area contributed by atoms with E-state index in [1.165, 1.54) is 15.9 Å². The first-order valence-electron chi connectivity index (χ1n) is 11.2. The zero-order valence-electron chi connectivity index (χ0n) is 20.4. The summed E-state index contributed by atoms with van der Waals surface area (Å²) in [5, 5.41) is 0.366. The maximum absolute atomic E-state index is 13.6. The Morgan fingerprint density at radius 3 is 2.39 bits per heavy atom. The minimum Gasteiger partial charge on any atom is -0.497 e. The van der Waals surface area contributed by atoms with Crippen molar-refractivity contribution < 1.29 is 18.5 Å². The summed E-state index contributed by atoms with van der Waals surface area (Å²) >= 11 is 1.33. The van der Waals surface area contributed by atoms with Gasteiger partial charge in [-0.15, -0.1) is 11.3 Å². The van der Waals surface area contributed by atoms with E-state index in [2.05, 4.69) is 0 Å². The number of carbonyl (C=O) groups is 1. The van der Waals surface area contributed by atoms with Gasteiger partial charge in [0.2, 0.25) is 0 Å². The van der Waals surface area contributed by atoms with E-state index in [0.29, 0.717) is 32.0 Å². The topological polar surface area (TPSA) is 96.6 Å². The predicted molar refractivity (Wildman–Crippen MR) is 142 cm³/mol. The van der Waals surface area contributed by atoms with Crippen LogP contribution in [0.4, 0.5) is 0 Å². The number of esters is 1. The van der Waals surface area contributed by atoms with Gasteiger partial charge in [-0.2, -0.15) is 0 Å². The van der Waals surface area contributed by atoms with Crippen molar-refractivity contribution in [2.45, 2.75) is 31.8 Å². The molecule has 188 valence electrons. The summed E-state index contributed by atoms with van der Waals surface area (Å²) in [4.78, 5) is 41.3. The van der Waals surface area contributed by atoms with Crippen molar-refractivity contribution in [3.05, 3.63) is 80.5 Å². The number of ether oxygens (including phenoxy) is 2. The van der Waals surface area contributed by atoms with Crippen LogP contribution in [0.25, 0.3) is 20.7 Å². The lowest BCUT2D eigenvalue weighted by Crippen LogP contribution is -2.42. The minimum absolute atomic E-state index is 0.0935. The molecule has 1 atom stereocenters. The quantitative estimate of drug-likeness (QED) is 0.326. The van der Waals surface area contributed by atoms with Crippen LogP contribution in [0.1, 0.15) is 18.1 Å². The first-order chi connectivity index (χ1) is 17.3. The average Bonchev–Trinajstić information content (AvgIpc) is 3.21. The Hall–Kier alpha value is -3.50. The third-order valence-electron chi connectivity index (χ3n) is 5.85. The molecule has 0 saturated carbocycles. The van der Waals surface area contributed by atoms with E-state index in [1.807, 2.05) is 37.3 Å². The summed E-state index contributed by atoms with van der Waals surface area (Å²) < 4.78 is 25.0. The molecule has 1 unspecified atom stereocenters. The minimum atomic E-state index is -1.27. The Kier molecular flexibility index (Phi) is 7.56. The Labute approximate surface area is 214 Å². The lowest BCUT2D eigenvalue weighted by atomic mass is 10.1. The highest BCUT2D eigenvalue weighted by Gasteiger charge is 2.23. The van der Waals surface area contributed by atoms with Crippen LogP contribution in [0, 0.1) is 6.92 Å². The third kappa shape index (κ3) is 4.78. The van der Waals surface area contributed by atoms with Crippen molar-refractivity contribution in [1.29, 1.82) is 0 Å². The van der Waals surface area contributed by atoms with E-state index < -0.39 is 34.6 Å². The van der Waals surface area contributed by atoms with E-state index in [9.17, 15) is 18.6 Å². The van der Waals surface area contributed by atoms with E-state index in [4.69, 9.17) is 9.47 Å². The molecule has 2 aromatic carbocycles. The number of fused-ring (bicyclic) bond motifs is 1. The lowest BCUT2D eigenvalue weighted by molar-refractivity contribution is -0.143. The highest BCUT2D eigenvalue weighted by molar-refractivity contribution is 7.84. The molecule has 0 N–H and O–H groups in total. The highest BCUT2D eigenvalue weighted by atomic mass is 32.2. The molecule has 0 bridgehead atoms. The van der Waals surface area contributed by atoms with Gasteiger partial charge in [0, 0.05) is 16.0 Å². The maximum Gasteiger partial charge on any atom is 0.332 e. The van der Waals surface area contributed by atoms with Crippen LogP contribution >= 0.6 is 11.3 Å². The smallest absolute Gasteiger partial charge is 0.332 e. The molecule has 4 rings (SSSR count). The SMILES string of the molecule is CCOC(=O)Cn1c(=O)c2c(C)c(-c3ccc(OC)cc3)sc2n(Cc2ccccc2S(C)=O)c1=O. The molecule has 0 fully saturated rings. The van der Waals surface area contributed by atoms with Gasteiger partial charge in [-0.05, 0) is 60.9 Å².